The summed E-state index contributed by atoms with van der Waals surface area (Å²) in [5.74, 6) is 0.885. The predicted molar refractivity (Wildman–Crippen MR) is 93.3 cm³/mol. The summed E-state index contributed by atoms with van der Waals surface area (Å²) in [5, 5.41) is 6.73. The van der Waals surface area contributed by atoms with Gasteiger partial charge in [-0.2, -0.15) is 4.98 Å². The number of pyridine rings is 1. The van der Waals surface area contributed by atoms with Crippen LogP contribution in [0.5, 0.6) is 0 Å². The highest BCUT2D eigenvalue weighted by molar-refractivity contribution is 5.91. The topological polar surface area (TPSA) is 84.2 Å². The molecule has 1 N–H and O–H groups in total. The number of hydrogen-bond acceptors (Lipinski definition) is 6. The summed E-state index contributed by atoms with van der Waals surface area (Å²) >= 11 is 0. The summed E-state index contributed by atoms with van der Waals surface area (Å²) in [6.45, 7) is 5.06. The molecule has 25 heavy (non-hydrogen) atoms. The number of piperidine rings is 1. The summed E-state index contributed by atoms with van der Waals surface area (Å²) < 4.78 is 5.20. The van der Waals surface area contributed by atoms with E-state index in [0.29, 0.717) is 18.3 Å². The van der Waals surface area contributed by atoms with E-state index in [-0.39, 0.29) is 12.5 Å². The highest BCUT2D eigenvalue weighted by Gasteiger charge is 2.14. The van der Waals surface area contributed by atoms with E-state index < -0.39 is 0 Å². The SMILES string of the molecule is Cc1cncc(/C=C/C(=O)NCc2nc(CN3CCCCC3)no2)c1. The van der Waals surface area contributed by atoms with Gasteiger partial charge in [-0.3, -0.25) is 14.7 Å². The predicted octanol–water partition coefficient (Wildman–Crippen LogP) is 2.09. The maximum absolute atomic E-state index is 11.9. The molecule has 1 fully saturated rings. The van der Waals surface area contributed by atoms with Crippen LogP contribution >= 0.6 is 0 Å². The lowest BCUT2D eigenvalue weighted by atomic mass is 10.1. The molecule has 0 radical (unpaired) electrons. The molecule has 0 aromatic carbocycles. The normalized spacial score (nSPS) is 15.6. The molecule has 7 nitrogen and oxygen atoms in total. The van der Waals surface area contributed by atoms with Crippen molar-refractivity contribution >= 4 is 12.0 Å². The number of aromatic nitrogens is 3. The van der Waals surface area contributed by atoms with Gasteiger partial charge in [0.1, 0.15) is 0 Å². The molecule has 7 heteroatoms. The van der Waals surface area contributed by atoms with Gasteiger partial charge in [-0.1, -0.05) is 11.6 Å². The number of nitrogens with one attached hydrogen (secondary N) is 1. The van der Waals surface area contributed by atoms with Crippen LogP contribution in [0.4, 0.5) is 0 Å². The van der Waals surface area contributed by atoms with Gasteiger partial charge in [0, 0.05) is 18.5 Å². The first-order chi connectivity index (χ1) is 12.2. The van der Waals surface area contributed by atoms with Crippen molar-refractivity contribution in [2.75, 3.05) is 13.1 Å². The number of likely N-dealkylation sites (tertiary alicyclic amines) is 1. The molecule has 3 heterocycles. The summed E-state index contributed by atoms with van der Waals surface area (Å²) in [6.07, 6.45) is 10.4. The maximum atomic E-state index is 11.9. The first-order valence-electron chi connectivity index (χ1n) is 8.60. The Morgan fingerprint density at radius 2 is 2.16 bits per heavy atom. The van der Waals surface area contributed by atoms with Gasteiger partial charge in [-0.05, 0) is 56.1 Å². The van der Waals surface area contributed by atoms with Gasteiger partial charge in [0.15, 0.2) is 5.82 Å². The Labute approximate surface area is 147 Å². The second-order valence-electron chi connectivity index (χ2n) is 6.29. The van der Waals surface area contributed by atoms with Gasteiger partial charge >= 0.3 is 0 Å². The first-order valence-corrected chi connectivity index (χ1v) is 8.60. The average Bonchev–Trinajstić information content (AvgIpc) is 3.06. The average molecular weight is 341 g/mol. The molecule has 0 aliphatic carbocycles. The molecule has 2 aromatic heterocycles. The van der Waals surface area contributed by atoms with Crippen LogP contribution < -0.4 is 5.32 Å². The van der Waals surface area contributed by atoms with Gasteiger partial charge in [0.2, 0.25) is 11.8 Å². The summed E-state index contributed by atoms with van der Waals surface area (Å²) in [4.78, 5) is 22.6. The van der Waals surface area contributed by atoms with Crippen LogP contribution in [0.15, 0.2) is 29.1 Å². The minimum Gasteiger partial charge on any atom is -0.343 e. The van der Waals surface area contributed by atoms with Crippen molar-refractivity contribution in [3.8, 4) is 0 Å². The molecular weight excluding hydrogens is 318 g/mol. The fourth-order valence-electron chi connectivity index (χ4n) is 2.81. The number of rotatable bonds is 6. The molecule has 0 saturated carbocycles. The molecule has 1 amide bonds. The summed E-state index contributed by atoms with van der Waals surface area (Å²) in [6, 6.07) is 1.96. The van der Waals surface area contributed by atoms with Crippen LogP contribution in [0.3, 0.4) is 0 Å². The van der Waals surface area contributed by atoms with E-state index >= 15 is 0 Å². The number of nitrogens with zero attached hydrogens (tertiary/aromatic N) is 4. The number of carbonyl (C=O) groups is 1. The lowest BCUT2D eigenvalue weighted by Crippen LogP contribution is -2.29. The number of carbonyl (C=O) groups excluding carboxylic acids is 1. The lowest BCUT2D eigenvalue weighted by molar-refractivity contribution is -0.116. The van der Waals surface area contributed by atoms with Gasteiger partial charge < -0.3 is 9.84 Å². The fraction of sp³-hybridized carbons (Fsp3) is 0.444. The van der Waals surface area contributed by atoms with E-state index in [0.717, 1.165) is 24.2 Å². The van der Waals surface area contributed by atoms with Crippen LogP contribution in [0, 0.1) is 6.92 Å². The van der Waals surface area contributed by atoms with Crippen LogP contribution in [-0.2, 0) is 17.9 Å². The van der Waals surface area contributed by atoms with E-state index in [1.54, 1.807) is 18.5 Å². The second-order valence-corrected chi connectivity index (χ2v) is 6.29. The minimum atomic E-state index is -0.211. The van der Waals surface area contributed by atoms with E-state index in [1.165, 1.54) is 25.3 Å². The molecular formula is C18H23N5O2. The zero-order valence-corrected chi connectivity index (χ0v) is 14.4. The van der Waals surface area contributed by atoms with E-state index in [1.807, 2.05) is 13.0 Å². The first kappa shape index (κ1) is 17.3. The van der Waals surface area contributed by atoms with E-state index in [2.05, 4.69) is 25.3 Å². The fourth-order valence-corrected chi connectivity index (χ4v) is 2.81. The molecule has 1 aliphatic rings. The third-order valence-corrected chi connectivity index (χ3v) is 4.06. The number of hydrogen-bond donors (Lipinski definition) is 1. The highest BCUT2D eigenvalue weighted by Crippen LogP contribution is 2.11. The zero-order chi connectivity index (χ0) is 17.5. The van der Waals surface area contributed by atoms with Crippen molar-refractivity contribution in [2.24, 2.45) is 0 Å². The molecule has 1 aliphatic heterocycles. The Bertz CT molecular complexity index is 735. The Morgan fingerprint density at radius 1 is 1.32 bits per heavy atom. The molecule has 132 valence electrons. The third-order valence-electron chi connectivity index (χ3n) is 4.06. The molecule has 0 bridgehead atoms. The van der Waals surface area contributed by atoms with Crippen molar-refractivity contribution < 1.29 is 9.32 Å². The van der Waals surface area contributed by atoms with Gasteiger partial charge in [-0.15, -0.1) is 0 Å². The molecule has 2 aromatic rings. The van der Waals surface area contributed by atoms with Crippen molar-refractivity contribution in [2.45, 2.75) is 39.3 Å². The Morgan fingerprint density at radius 3 is 2.96 bits per heavy atom. The standard InChI is InChI=1S/C18H23N5O2/c1-14-9-15(11-19-10-14)5-6-17(24)20-12-18-21-16(22-25-18)13-23-7-3-2-4-8-23/h5-6,9-11H,2-4,7-8,12-13H2,1H3,(H,20,24)/b6-5+. The van der Waals surface area contributed by atoms with Crippen molar-refractivity contribution in [3.05, 3.63) is 47.4 Å². The summed E-state index contributed by atoms with van der Waals surface area (Å²) in [5.41, 5.74) is 1.94. The molecule has 1 saturated heterocycles. The number of amides is 1. The van der Waals surface area contributed by atoms with Gasteiger partial charge in [-0.25, -0.2) is 0 Å². The monoisotopic (exact) mass is 341 g/mol. The third kappa shape index (κ3) is 5.49. The largest absolute Gasteiger partial charge is 0.343 e. The second kappa shape index (κ2) is 8.53. The lowest BCUT2D eigenvalue weighted by Gasteiger charge is -2.24. The van der Waals surface area contributed by atoms with Crippen LogP contribution in [0.1, 0.15) is 42.1 Å². The van der Waals surface area contributed by atoms with Crippen molar-refractivity contribution in [3.63, 3.8) is 0 Å². The van der Waals surface area contributed by atoms with E-state index in [4.69, 9.17) is 4.52 Å². The molecule has 0 unspecified atom stereocenters. The van der Waals surface area contributed by atoms with Crippen molar-refractivity contribution in [1.82, 2.24) is 25.3 Å². The van der Waals surface area contributed by atoms with Crippen LogP contribution in [0.25, 0.3) is 6.08 Å². The van der Waals surface area contributed by atoms with Crippen molar-refractivity contribution in [1.29, 1.82) is 0 Å². The Balaban J connectivity index is 1.45. The Hall–Kier alpha value is -2.54. The summed E-state index contributed by atoms with van der Waals surface area (Å²) in [7, 11) is 0. The number of aryl methyl sites for hydroxylation is 1. The quantitative estimate of drug-likeness (QED) is 0.810. The van der Waals surface area contributed by atoms with Crippen LogP contribution in [-0.4, -0.2) is 39.0 Å². The Kier molecular flexibility index (Phi) is 5.90. The van der Waals surface area contributed by atoms with Gasteiger partial charge in [0.05, 0.1) is 13.1 Å². The smallest absolute Gasteiger partial charge is 0.246 e. The van der Waals surface area contributed by atoms with E-state index in [9.17, 15) is 4.79 Å². The molecule has 3 rings (SSSR count). The highest BCUT2D eigenvalue weighted by atomic mass is 16.5. The molecule has 0 atom stereocenters. The minimum absolute atomic E-state index is 0.211. The molecule has 0 spiro atoms. The maximum Gasteiger partial charge on any atom is 0.246 e. The van der Waals surface area contributed by atoms with Crippen LogP contribution in [0.2, 0.25) is 0 Å². The van der Waals surface area contributed by atoms with Gasteiger partial charge in [0.25, 0.3) is 0 Å². The zero-order valence-electron chi connectivity index (χ0n) is 14.4.